The van der Waals surface area contributed by atoms with Gasteiger partial charge in [0.1, 0.15) is 5.82 Å². The van der Waals surface area contributed by atoms with Crippen molar-refractivity contribution in [3.05, 3.63) is 34.1 Å². The van der Waals surface area contributed by atoms with E-state index in [0.717, 1.165) is 12.8 Å². The van der Waals surface area contributed by atoms with Gasteiger partial charge in [-0.05, 0) is 43.5 Å². The van der Waals surface area contributed by atoms with Crippen LogP contribution in [0, 0.1) is 11.7 Å². The standard InChI is InChI=1S/C13H16BrFN2O/c14-10-3-4-12(15)11(6-10)13(18)17-5-1-2-9(7-16)8-17/h3-4,6,9H,1-2,5,7-8,16H2. The molecule has 2 N–H and O–H groups in total. The van der Waals surface area contributed by atoms with Gasteiger partial charge in [-0.2, -0.15) is 0 Å². The summed E-state index contributed by atoms with van der Waals surface area (Å²) in [6.07, 6.45) is 1.98. The molecule has 0 spiro atoms. The minimum atomic E-state index is -0.474. The summed E-state index contributed by atoms with van der Waals surface area (Å²) in [5.74, 6) is -0.386. The van der Waals surface area contributed by atoms with Gasteiger partial charge in [-0.1, -0.05) is 15.9 Å². The van der Waals surface area contributed by atoms with E-state index in [4.69, 9.17) is 5.73 Å². The molecule has 0 bridgehead atoms. The predicted molar refractivity (Wildman–Crippen MR) is 71.8 cm³/mol. The van der Waals surface area contributed by atoms with E-state index in [1.807, 2.05) is 0 Å². The van der Waals surface area contributed by atoms with Crippen LogP contribution in [0.3, 0.4) is 0 Å². The van der Waals surface area contributed by atoms with Crippen LogP contribution in [0.5, 0.6) is 0 Å². The number of carbonyl (C=O) groups excluding carboxylic acids is 1. The average molecular weight is 315 g/mol. The van der Waals surface area contributed by atoms with E-state index < -0.39 is 5.82 Å². The van der Waals surface area contributed by atoms with E-state index in [1.165, 1.54) is 12.1 Å². The van der Waals surface area contributed by atoms with Crippen molar-refractivity contribution in [1.29, 1.82) is 0 Å². The van der Waals surface area contributed by atoms with Gasteiger partial charge >= 0.3 is 0 Å². The third-order valence-corrected chi connectivity index (χ3v) is 3.79. The summed E-state index contributed by atoms with van der Waals surface area (Å²) >= 11 is 3.26. The SMILES string of the molecule is NCC1CCCN(C(=O)c2cc(Br)ccc2F)C1. The summed E-state index contributed by atoms with van der Waals surface area (Å²) in [7, 11) is 0. The van der Waals surface area contributed by atoms with E-state index in [0.29, 0.717) is 30.0 Å². The van der Waals surface area contributed by atoms with Gasteiger partial charge in [-0.3, -0.25) is 4.79 Å². The quantitative estimate of drug-likeness (QED) is 0.911. The zero-order chi connectivity index (χ0) is 13.1. The second kappa shape index (κ2) is 5.80. The van der Waals surface area contributed by atoms with Crippen LogP contribution < -0.4 is 5.73 Å². The molecule has 1 unspecified atom stereocenters. The third kappa shape index (κ3) is 2.90. The van der Waals surface area contributed by atoms with Crippen LogP contribution >= 0.6 is 15.9 Å². The lowest BCUT2D eigenvalue weighted by atomic mass is 9.97. The first kappa shape index (κ1) is 13.5. The first-order valence-corrected chi connectivity index (χ1v) is 6.85. The lowest BCUT2D eigenvalue weighted by Gasteiger charge is -2.32. The van der Waals surface area contributed by atoms with Crippen LogP contribution in [0.1, 0.15) is 23.2 Å². The molecule has 0 saturated carbocycles. The summed E-state index contributed by atoms with van der Waals surface area (Å²) in [6, 6.07) is 4.43. The van der Waals surface area contributed by atoms with E-state index in [-0.39, 0.29) is 11.5 Å². The lowest BCUT2D eigenvalue weighted by Crippen LogP contribution is -2.42. The fourth-order valence-corrected chi connectivity index (χ4v) is 2.63. The van der Waals surface area contributed by atoms with Crippen LogP contribution in [-0.4, -0.2) is 30.4 Å². The summed E-state index contributed by atoms with van der Waals surface area (Å²) in [4.78, 5) is 14.0. The van der Waals surface area contributed by atoms with Crippen molar-refractivity contribution < 1.29 is 9.18 Å². The molecule has 1 aliphatic rings. The topological polar surface area (TPSA) is 46.3 Å². The Bertz CT molecular complexity index is 453. The summed E-state index contributed by atoms with van der Waals surface area (Å²) in [6.45, 7) is 1.88. The molecular formula is C13H16BrFN2O. The molecule has 1 saturated heterocycles. The lowest BCUT2D eigenvalue weighted by molar-refractivity contribution is 0.0673. The highest BCUT2D eigenvalue weighted by atomic mass is 79.9. The molecule has 1 atom stereocenters. The maximum Gasteiger partial charge on any atom is 0.256 e. The van der Waals surface area contributed by atoms with Gasteiger partial charge in [-0.25, -0.2) is 4.39 Å². The Morgan fingerprint density at radius 3 is 3.06 bits per heavy atom. The number of rotatable bonds is 2. The molecule has 1 aliphatic heterocycles. The van der Waals surface area contributed by atoms with Crippen LogP contribution in [0.25, 0.3) is 0 Å². The Hall–Kier alpha value is -0.940. The van der Waals surface area contributed by atoms with Crippen LogP contribution in [0.15, 0.2) is 22.7 Å². The Kier molecular flexibility index (Phi) is 4.35. The molecule has 1 aromatic rings. The molecule has 2 rings (SSSR count). The second-order valence-electron chi connectivity index (χ2n) is 4.62. The highest BCUT2D eigenvalue weighted by molar-refractivity contribution is 9.10. The largest absolute Gasteiger partial charge is 0.338 e. The maximum absolute atomic E-state index is 13.7. The molecule has 1 fully saturated rings. The molecule has 3 nitrogen and oxygen atoms in total. The summed E-state index contributed by atoms with van der Waals surface area (Å²) in [5, 5.41) is 0. The second-order valence-corrected chi connectivity index (χ2v) is 5.53. The highest BCUT2D eigenvalue weighted by Crippen LogP contribution is 2.21. The molecule has 1 heterocycles. The minimum absolute atomic E-state index is 0.127. The maximum atomic E-state index is 13.7. The molecule has 1 amide bonds. The molecule has 0 aliphatic carbocycles. The smallest absolute Gasteiger partial charge is 0.256 e. The number of amides is 1. The van der Waals surface area contributed by atoms with Crippen molar-refractivity contribution in [2.24, 2.45) is 11.7 Å². The van der Waals surface area contributed by atoms with Crippen LogP contribution in [0.4, 0.5) is 4.39 Å². The number of likely N-dealkylation sites (tertiary alicyclic amines) is 1. The number of nitrogens with zero attached hydrogens (tertiary/aromatic N) is 1. The molecule has 98 valence electrons. The first-order chi connectivity index (χ1) is 8.61. The zero-order valence-corrected chi connectivity index (χ0v) is 11.6. The van der Waals surface area contributed by atoms with Crippen molar-refractivity contribution in [2.75, 3.05) is 19.6 Å². The normalized spacial score (nSPS) is 19.9. The molecular weight excluding hydrogens is 299 g/mol. The fraction of sp³-hybridized carbons (Fsp3) is 0.462. The molecule has 0 radical (unpaired) electrons. The average Bonchev–Trinajstić information content (AvgIpc) is 2.41. The predicted octanol–water partition coefficient (Wildman–Crippen LogP) is 2.40. The molecule has 1 aromatic carbocycles. The first-order valence-electron chi connectivity index (χ1n) is 6.06. The van der Waals surface area contributed by atoms with Gasteiger partial charge < -0.3 is 10.6 Å². The Morgan fingerprint density at radius 2 is 2.33 bits per heavy atom. The van der Waals surface area contributed by atoms with Crippen molar-refractivity contribution in [3.63, 3.8) is 0 Å². The molecule has 5 heteroatoms. The van der Waals surface area contributed by atoms with Crippen molar-refractivity contribution in [2.45, 2.75) is 12.8 Å². The fourth-order valence-electron chi connectivity index (χ4n) is 2.27. The summed E-state index contributed by atoms with van der Waals surface area (Å²) in [5.41, 5.74) is 5.77. The van der Waals surface area contributed by atoms with Crippen LogP contribution in [-0.2, 0) is 0 Å². The number of nitrogens with two attached hydrogens (primary N) is 1. The van der Waals surface area contributed by atoms with E-state index in [1.54, 1.807) is 11.0 Å². The minimum Gasteiger partial charge on any atom is -0.338 e. The number of piperidine rings is 1. The Labute approximate surface area is 114 Å². The number of hydrogen-bond acceptors (Lipinski definition) is 2. The molecule has 0 aromatic heterocycles. The molecule has 18 heavy (non-hydrogen) atoms. The van der Waals surface area contributed by atoms with Gasteiger partial charge in [0.2, 0.25) is 0 Å². The third-order valence-electron chi connectivity index (χ3n) is 3.30. The monoisotopic (exact) mass is 314 g/mol. The van der Waals surface area contributed by atoms with Gasteiger partial charge in [0, 0.05) is 17.6 Å². The van der Waals surface area contributed by atoms with Gasteiger partial charge in [0.05, 0.1) is 5.56 Å². The van der Waals surface area contributed by atoms with Crippen molar-refractivity contribution in [3.8, 4) is 0 Å². The van der Waals surface area contributed by atoms with E-state index in [9.17, 15) is 9.18 Å². The Morgan fingerprint density at radius 1 is 1.56 bits per heavy atom. The van der Waals surface area contributed by atoms with E-state index in [2.05, 4.69) is 15.9 Å². The number of carbonyl (C=O) groups is 1. The number of benzene rings is 1. The highest BCUT2D eigenvalue weighted by Gasteiger charge is 2.25. The van der Waals surface area contributed by atoms with Gasteiger partial charge in [-0.15, -0.1) is 0 Å². The van der Waals surface area contributed by atoms with Crippen molar-refractivity contribution >= 4 is 21.8 Å². The number of halogens is 2. The van der Waals surface area contributed by atoms with Crippen LogP contribution in [0.2, 0.25) is 0 Å². The Balaban J connectivity index is 2.17. The van der Waals surface area contributed by atoms with Gasteiger partial charge in [0.15, 0.2) is 0 Å². The van der Waals surface area contributed by atoms with E-state index >= 15 is 0 Å². The van der Waals surface area contributed by atoms with Gasteiger partial charge in [0.25, 0.3) is 5.91 Å². The summed E-state index contributed by atoms with van der Waals surface area (Å²) < 4.78 is 14.4. The number of hydrogen-bond donors (Lipinski definition) is 1. The van der Waals surface area contributed by atoms with Crippen molar-refractivity contribution in [1.82, 2.24) is 4.90 Å². The zero-order valence-electron chi connectivity index (χ0n) is 10.0.